The summed E-state index contributed by atoms with van der Waals surface area (Å²) in [5.74, 6) is -3.92. The zero-order chi connectivity index (χ0) is 27.8. The average molecular weight is 577 g/mol. The maximum absolute atomic E-state index is 13.4. The Hall–Kier alpha value is -3.50. The summed E-state index contributed by atoms with van der Waals surface area (Å²) in [7, 11) is -3.69. The largest absolute Gasteiger partial charge is 0.490 e. The molecule has 2 unspecified atom stereocenters. The summed E-state index contributed by atoms with van der Waals surface area (Å²) in [6.45, 7) is 1.01. The number of fused-ring (bicyclic) bond motifs is 2. The molecular formula is C22H20F4N4O6S2. The second kappa shape index (κ2) is 10.3. The molecule has 16 heteroatoms. The molecule has 0 aliphatic carbocycles. The molecule has 0 saturated carbocycles. The van der Waals surface area contributed by atoms with Gasteiger partial charge in [0.15, 0.2) is 0 Å². The van der Waals surface area contributed by atoms with Gasteiger partial charge in [0.05, 0.1) is 12.5 Å². The minimum atomic E-state index is -5.08. The van der Waals surface area contributed by atoms with Gasteiger partial charge in [0.1, 0.15) is 16.8 Å². The van der Waals surface area contributed by atoms with Crippen LogP contribution in [0.5, 0.6) is 0 Å². The standard InChI is InChI=1S/C20H19FN4O4S2.C2HF3O2/c21-12-1-2-13-11(5-12)6-14(24-13)20(27)23-9-15-19-10(3-4-22-15)7-16(30-19)17-8-18(26)25-31(17,28)29;3-2(4,5)1(6)7/h1-2,5-7,15,17,22,24H,3-4,8-9H2,(H,23,27)(H,25,26);(H,6,7). The summed E-state index contributed by atoms with van der Waals surface area (Å²) in [4.78, 5) is 37.7. The molecule has 0 spiro atoms. The number of amides is 2. The minimum Gasteiger partial charge on any atom is -0.475 e. The van der Waals surface area contributed by atoms with E-state index in [9.17, 15) is 35.6 Å². The van der Waals surface area contributed by atoms with Crippen molar-refractivity contribution < 1.29 is 45.5 Å². The first-order chi connectivity index (χ1) is 17.7. The number of carbonyl (C=O) groups is 3. The SMILES string of the molecule is O=C(O)C(F)(F)F.O=C1CC(c2cc3c(s2)C(CNC(=O)c2cc4cc(F)ccc4[nH]2)NCC3)S(=O)(=O)N1. The molecule has 38 heavy (non-hydrogen) atoms. The molecule has 4 heterocycles. The number of carboxylic acid groups (broad SMARTS) is 1. The molecule has 2 aromatic heterocycles. The van der Waals surface area contributed by atoms with Crippen LogP contribution in [0.25, 0.3) is 10.9 Å². The first-order valence-electron chi connectivity index (χ1n) is 11.0. The van der Waals surface area contributed by atoms with Crippen LogP contribution in [-0.4, -0.2) is 55.6 Å². The molecular weight excluding hydrogens is 556 g/mol. The van der Waals surface area contributed by atoms with Crippen LogP contribution in [0.1, 0.15) is 43.5 Å². The Balaban J connectivity index is 0.000000426. The van der Waals surface area contributed by atoms with E-state index in [2.05, 4.69) is 15.6 Å². The lowest BCUT2D eigenvalue weighted by Gasteiger charge is -2.24. The number of aliphatic carboxylic acids is 1. The number of carbonyl (C=O) groups excluding carboxylic acids is 2. The molecule has 2 amide bonds. The highest BCUT2D eigenvalue weighted by Crippen LogP contribution is 2.40. The number of aromatic nitrogens is 1. The number of rotatable bonds is 4. The van der Waals surface area contributed by atoms with Crippen molar-refractivity contribution in [2.24, 2.45) is 0 Å². The zero-order valence-corrected chi connectivity index (χ0v) is 20.8. The van der Waals surface area contributed by atoms with Crippen molar-refractivity contribution in [3.8, 4) is 0 Å². The summed E-state index contributed by atoms with van der Waals surface area (Å²) < 4.78 is 71.6. The van der Waals surface area contributed by atoms with Gasteiger partial charge in [-0.2, -0.15) is 13.2 Å². The van der Waals surface area contributed by atoms with E-state index < -0.39 is 33.3 Å². The molecule has 1 saturated heterocycles. The number of sulfonamides is 1. The number of alkyl halides is 3. The predicted molar refractivity (Wildman–Crippen MR) is 127 cm³/mol. The van der Waals surface area contributed by atoms with E-state index in [1.807, 2.05) is 10.8 Å². The van der Waals surface area contributed by atoms with Crippen LogP contribution in [0.2, 0.25) is 0 Å². The van der Waals surface area contributed by atoms with E-state index >= 15 is 0 Å². The van der Waals surface area contributed by atoms with E-state index in [1.165, 1.54) is 23.5 Å². The third-order valence-corrected chi connectivity index (χ3v) is 9.05. The summed E-state index contributed by atoms with van der Waals surface area (Å²) in [5, 5.41) is 13.1. The highest BCUT2D eigenvalue weighted by molar-refractivity contribution is 7.90. The quantitative estimate of drug-likeness (QED) is 0.299. The van der Waals surface area contributed by atoms with Gasteiger partial charge >= 0.3 is 12.1 Å². The van der Waals surface area contributed by atoms with Gasteiger partial charge in [-0.25, -0.2) is 17.6 Å². The van der Waals surface area contributed by atoms with Crippen molar-refractivity contribution in [1.82, 2.24) is 20.3 Å². The zero-order valence-electron chi connectivity index (χ0n) is 19.2. The Kier molecular flexibility index (Phi) is 7.49. The van der Waals surface area contributed by atoms with Crippen molar-refractivity contribution in [2.75, 3.05) is 13.1 Å². The number of hydrogen-bond donors (Lipinski definition) is 5. The van der Waals surface area contributed by atoms with Crippen LogP contribution >= 0.6 is 11.3 Å². The van der Waals surface area contributed by atoms with Crippen molar-refractivity contribution in [3.05, 3.63) is 57.2 Å². The van der Waals surface area contributed by atoms with Gasteiger partial charge < -0.3 is 20.7 Å². The lowest BCUT2D eigenvalue weighted by molar-refractivity contribution is -0.192. The van der Waals surface area contributed by atoms with Crippen molar-refractivity contribution >= 4 is 50.0 Å². The molecule has 5 N–H and O–H groups in total. The van der Waals surface area contributed by atoms with Gasteiger partial charge in [-0.3, -0.25) is 14.3 Å². The molecule has 204 valence electrons. The number of H-pyrrole nitrogens is 1. The topological polar surface area (TPSA) is 157 Å². The van der Waals surface area contributed by atoms with Gasteiger partial charge in [-0.15, -0.1) is 11.3 Å². The Morgan fingerprint density at radius 3 is 2.53 bits per heavy atom. The summed E-state index contributed by atoms with van der Waals surface area (Å²) >= 11 is 1.36. The van der Waals surface area contributed by atoms with E-state index in [0.717, 1.165) is 16.9 Å². The van der Waals surface area contributed by atoms with Crippen LogP contribution in [0.15, 0.2) is 30.3 Å². The predicted octanol–water partition coefficient (Wildman–Crippen LogP) is 2.51. The highest BCUT2D eigenvalue weighted by atomic mass is 32.2. The van der Waals surface area contributed by atoms with E-state index in [-0.39, 0.29) is 24.2 Å². The fourth-order valence-electron chi connectivity index (χ4n) is 4.07. The van der Waals surface area contributed by atoms with Crippen molar-refractivity contribution in [1.29, 1.82) is 0 Å². The van der Waals surface area contributed by atoms with Gasteiger partial charge in [-0.1, -0.05) is 0 Å². The number of thiophene rings is 1. The fraction of sp³-hybridized carbons (Fsp3) is 0.318. The molecule has 5 rings (SSSR count). The normalized spacial score (nSPS) is 20.3. The van der Waals surface area contributed by atoms with E-state index in [4.69, 9.17) is 9.90 Å². The van der Waals surface area contributed by atoms with Gasteiger partial charge in [-0.05, 0) is 48.9 Å². The lowest BCUT2D eigenvalue weighted by Crippen LogP contribution is -2.38. The lowest BCUT2D eigenvalue weighted by atomic mass is 10.0. The van der Waals surface area contributed by atoms with Gasteiger partial charge in [0.25, 0.3) is 5.91 Å². The Labute approximate surface area is 216 Å². The smallest absolute Gasteiger partial charge is 0.475 e. The number of hydrogen-bond acceptors (Lipinski definition) is 7. The third-order valence-electron chi connectivity index (χ3n) is 5.82. The van der Waals surface area contributed by atoms with Crippen LogP contribution in [0.4, 0.5) is 17.6 Å². The number of nitrogens with one attached hydrogen (secondary N) is 4. The maximum atomic E-state index is 13.4. The second-order valence-corrected chi connectivity index (χ2v) is 11.5. The molecule has 2 atom stereocenters. The van der Waals surface area contributed by atoms with E-state index in [0.29, 0.717) is 34.6 Å². The first-order valence-corrected chi connectivity index (χ1v) is 13.4. The molecule has 10 nitrogen and oxygen atoms in total. The summed E-state index contributed by atoms with van der Waals surface area (Å²) in [5.41, 5.74) is 2.05. The third kappa shape index (κ3) is 5.97. The number of benzene rings is 1. The number of carboxylic acids is 1. The molecule has 0 bridgehead atoms. The van der Waals surface area contributed by atoms with Crippen molar-refractivity contribution in [2.45, 2.75) is 30.3 Å². The average Bonchev–Trinajstić information content (AvgIpc) is 3.51. The van der Waals surface area contributed by atoms with E-state index in [1.54, 1.807) is 12.1 Å². The maximum Gasteiger partial charge on any atom is 0.490 e. The van der Waals surface area contributed by atoms with Gasteiger partial charge in [0, 0.05) is 27.2 Å². The van der Waals surface area contributed by atoms with Crippen LogP contribution < -0.4 is 15.4 Å². The summed E-state index contributed by atoms with van der Waals surface area (Å²) in [6, 6.07) is 7.58. The second-order valence-electron chi connectivity index (χ2n) is 8.49. The molecule has 0 radical (unpaired) electrons. The Morgan fingerprint density at radius 1 is 1.18 bits per heavy atom. The summed E-state index contributed by atoms with van der Waals surface area (Å²) in [6.07, 6.45) is -4.41. The number of aromatic amines is 1. The van der Waals surface area contributed by atoms with Crippen LogP contribution in [0, 0.1) is 5.82 Å². The van der Waals surface area contributed by atoms with Crippen LogP contribution in [0.3, 0.4) is 0 Å². The van der Waals surface area contributed by atoms with Crippen molar-refractivity contribution in [3.63, 3.8) is 0 Å². The fourth-order valence-corrected chi connectivity index (χ4v) is 7.15. The Morgan fingerprint density at radius 2 is 1.89 bits per heavy atom. The molecule has 2 aliphatic heterocycles. The minimum absolute atomic E-state index is 0.0719. The highest BCUT2D eigenvalue weighted by Gasteiger charge is 2.40. The molecule has 1 aromatic carbocycles. The van der Waals surface area contributed by atoms with Crippen LogP contribution in [-0.2, 0) is 26.0 Å². The first kappa shape index (κ1) is 27.5. The molecule has 1 fully saturated rings. The van der Waals surface area contributed by atoms with Gasteiger partial charge in [0.2, 0.25) is 15.9 Å². The number of halogens is 4. The molecule has 2 aliphatic rings. The monoisotopic (exact) mass is 576 g/mol. The molecule has 3 aromatic rings. The Bertz CT molecular complexity index is 1520.